The number of aromatic nitrogens is 1. The molecule has 2 aromatic rings. The van der Waals surface area contributed by atoms with Crippen molar-refractivity contribution in [3.8, 4) is 0 Å². The Kier molecular flexibility index (Phi) is 4.20. The molecule has 1 N–H and O–H groups in total. The Hall–Kier alpha value is -1.44. The van der Waals surface area contributed by atoms with E-state index in [1.807, 2.05) is 12.1 Å². The van der Waals surface area contributed by atoms with Crippen molar-refractivity contribution in [3.63, 3.8) is 0 Å². The first kappa shape index (κ1) is 15.5. The van der Waals surface area contributed by atoms with Crippen molar-refractivity contribution in [2.45, 2.75) is 17.9 Å². The van der Waals surface area contributed by atoms with Gasteiger partial charge >= 0.3 is 0 Å². The van der Waals surface area contributed by atoms with E-state index in [1.54, 1.807) is 12.1 Å². The van der Waals surface area contributed by atoms with Crippen molar-refractivity contribution in [1.82, 2.24) is 9.71 Å². The maximum Gasteiger partial charge on any atom is 0.241 e. The molecule has 0 aliphatic carbocycles. The number of hydrogen-bond acceptors (Lipinski definition) is 4. The zero-order chi connectivity index (χ0) is 15.7. The fraction of sp³-hybridized carbons (Fsp3) is 0.267. The van der Waals surface area contributed by atoms with Gasteiger partial charge in [-0.2, -0.15) is 0 Å². The maximum atomic E-state index is 11.7. The summed E-state index contributed by atoms with van der Waals surface area (Å²) < 4.78 is 26.8. The highest BCUT2D eigenvalue weighted by molar-refractivity contribution is 9.10. The summed E-state index contributed by atoms with van der Waals surface area (Å²) in [7, 11) is -2.05. The minimum Gasteiger partial charge on any atom is -0.352 e. The first-order valence-electron chi connectivity index (χ1n) is 6.92. The zero-order valence-electron chi connectivity index (χ0n) is 12.1. The minimum absolute atomic E-state index is 0.178. The molecule has 0 spiro atoms. The summed E-state index contributed by atoms with van der Waals surface area (Å²) in [5.74, 6) is 0.788. The summed E-state index contributed by atoms with van der Waals surface area (Å²) in [4.78, 5) is 6.64. The van der Waals surface area contributed by atoms with Crippen molar-refractivity contribution in [3.05, 3.63) is 52.1 Å². The molecule has 22 heavy (non-hydrogen) atoms. The molecule has 1 aliphatic heterocycles. The van der Waals surface area contributed by atoms with Crippen LogP contribution in [0.15, 0.2) is 45.9 Å². The fourth-order valence-electron chi connectivity index (χ4n) is 2.57. The third-order valence-electron chi connectivity index (χ3n) is 3.84. The van der Waals surface area contributed by atoms with Gasteiger partial charge in [0, 0.05) is 23.8 Å². The molecule has 3 rings (SSSR count). The molecule has 0 fully saturated rings. The molecule has 0 saturated heterocycles. The van der Waals surface area contributed by atoms with Crippen molar-refractivity contribution in [2.75, 3.05) is 18.5 Å². The van der Waals surface area contributed by atoms with E-state index in [2.05, 4.69) is 36.6 Å². The van der Waals surface area contributed by atoms with Crippen molar-refractivity contribution >= 4 is 31.8 Å². The van der Waals surface area contributed by atoms with E-state index in [0.29, 0.717) is 0 Å². The van der Waals surface area contributed by atoms with Gasteiger partial charge in [0.1, 0.15) is 10.7 Å². The second kappa shape index (κ2) is 5.98. The molecule has 0 bridgehead atoms. The van der Waals surface area contributed by atoms with Crippen molar-refractivity contribution in [1.29, 1.82) is 0 Å². The molecule has 0 amide bonds. The second-order valence-corrected chi connectivity index (χ2v) is 7.85. The van der Waals surface area contributed by atoms with Crippen LogP contribution in [0.2, 0.25) is 0 Å². The molecule has 1 aromatic carbocycles. The van der Waals surface area contributed by atoms with Gasteiger partial charge in [0.25, 0.3) is 0 Å². The Morgan fingerprint density at radius 2 is 2.09 bits per heavy atom. The van der Waals surface area contributed by atoms with Crippen LogP contribution >= 0.6 is 15.9 Å². The first-order valence-corrected chi connectivity index (χ1v) is 9.20. The number of rotatable bonds is 3. The molecule has 0 radical (unpaired) electrons. The number of hydrogen-bond donors (Lipinski definition) is 1. The lowest BCUT2D eigenvalue weighted by atomic mass is 10.00. The Morgan fingerprint density at radius 3 is 2.77 bits per heavy atom. The molecule has 116 valence electrons. The molecule has 0 unspecified atom stereocenters. The highest BCUT2D eigenvalue weighted by Gasteiger charge is 2.20. The predicted octanol–water partition coefficient (Wildman–Crippen LogP) is 2.31. The Balaban J connectivity index is 1.86. The average molecular weight is 382 g/mol. The predicted molar refractivity (Wildman–Crippen MR) is 89.4 cm³/mol. The van der Waals surface area contributed by atoms with Gasteiger partial charge in [-0.25, -0.2) is 18.1 Å². The van der Waals surface area contributed by atoms with Crippen LogP contribution in [-0.4, -0.2) is 27.0 Å². The van der Waals surface area contributed by atoms with Gasteiger partial charge in [0.2, 0.25) is 10.0 Å². The summed E-state index contributed by atoms with van der Waals surface area (Å²) in [5.41, 5.74) is 2.61. The third kappa shape index (κ3) is 2.88. The second-order valence-electron chi connectivity index (χ2n) is 5.11. The first-order chi connectivity index (χ1) is 10.5. The van der Waals surface area contributed by atoms with Crippen molar-refractivity contribution in [2.24, 2.45) is 0 Å². The summed E-state index contributed by atoms with van der Waals surface area (Å²) in [6, 6.07) is 9.58. The SMILES string of the molecule is CNS(=O)(=O)c1ccc(N2CCc3cccc(Br)c3C2)nc1. The van der Waals surface area contributed by atoms with E-state index in [-0.39, 0.29) is 4.90 Å². The van der Waals surface area contributed by atoms with E-state index in [1.165, 1.54) is 24.4 Å². The van der Waals surface area contributed by atoms with Crippen LogP contribution in [0.3, 0.4) is 0 Å². The molecule has 0 atom stereocenters. The average Bonchev–Trinajstić information content (AvgIpc) is 2.55. The van der Waals surface area contributed by atoms with Gasteiger partial charge < -0.3 is 4.90 Å². The lowest BCUT2D eigenvalue weighted by molar-refractivity contribution is 0.587. The van der Waals surface area contributed by atoms with Crippen LogP contribution in [0, 0.1) is 0 Å². The van der Waals surface area contributed by atoms with E-state index in [4.69, 9.17) is 0 Å². The fourth-order valence-corrected chi connectivity index (χ4v) is 3.78. The largest absolute Gasteiger partial charge is 0.352 e. The van der Waals surface area contributed by atoms with E-state index >= 15 is 0 Å². The number of anilines is 1. The quantitative estimate of drug-likeness (QED) is 0.885. The molecule has 7 heteroatoms. The highest BCUT2D eigenvalue weighted by atomic mass is 79.9. The van der Waals surface area contributed by atoms with Gasteiger partial charge in [-0.3, -0.25) is 0 Å². The molecule has 5 nitrogen and oxygen atoms in total. The van der Waals surface area contributed by atoms with Crippen LogP contribution in [0.4, 0.5) is 5.82 Å². The van der Waals surface area contributed by atoms with Gasteiger partial charge in [-0.15, -0.1) is 0 Å². The standard InChI is InChI=1S/C15H16BrN3O2S/c1-17-22(20,21)12-5-6-15(18-9-12)19-8-7-11-3-2-4-14(16)13(11)10-19/h2-6,9,17H,7-8,10H2,1H3. The minimum atomic E-state index is -3.44. The number of fused-ring (bicyclic) bond motifs is 1. The highest BCUT2D eigenvalue weighted by Crippen LogP contribution is 2.28. The van der Waals surface area contributed by atoms with E-state index in [9.17, 15) is 8.42 Å². The molecule has 1 aromatic heterocycles. The number of benzene rings is 1. The molecule has 1 aliphatic rings. The summed E-state index contributed by atoms with van der Waals surface area (Å²) >= 11 is 3.59. The smallest absolute Gasteiger partial charge is 0.241 e. The van der Waals surface area contributed by atoms with Crippen LogP contribution in [0.5, 0.6) is 0 Å². The molecular formula is C15H16BrN3O2S. The molecule has 2 heterocycles. The van der Waals surface area contributed by atoms with Gasteiger partial charge in [0.05, 0.1) is 0 Å². The van der Waals surface area contributed by atoms with Crippen LogP contribution in [0.25, 0.3) is 0 Å². The number of nitrogens with zero attached hydrogens (tertiary/aromatic N) is 2. The van der Waals surface area contributed by atoms with E-state index < -0.39 is 10.0 Å². The Morgan fingerprint density at radius 1 is 1.27 bits per heavy atom. The number of pyridine rings is 1. The Bertz CT molecular complexity index is 791. The van der Waals surface area contributed by atoms with Gasteiger partial charge in [-0.1, -0.05) is 28.1 Å². The van der Waals surface area contributed by atoms with Crippen LogP contribution in [-0.2, 0) is 23.0 Å². The number of sulfonamides is 1. The topological polar surface area (TPSA) is 62.3 Å². The Labute approximate surface area is 138 Å². The van der Waals surface area contributed by atoms with Crippen LogP contribution in [0.1, 0.15) is 11.1 Å². The number of halogens is 1. The molecular weight excluding hydrogens is 366 g/mol. The summed E-state index contributed by atoms with van der Waals surface area (Å²) in [5, 5.41) is 0. The number of nitrogens with one attached hydrogen (secondary N) is 1. The monoisotopic (exact) mass is 381 g/mol. The normalized spacial score (nSPS) is 14.7. The summed E-state index contributed by atoms with van der Waals surface area (Å²) in [6.45, 7) is 1.64. The molecule has 0 saturated carbocycles. The van der Waals surface area contributed by atoms with Crippen molar-refractivity contribution < 1.29 is 8.42 Å². The van der Waals surface area contributed by atoms with Gasteiger partial charge in [-0.05, 0) is 42.8 Å². The lowest BCUT2D eigenvalue weighted by Gasteiger charge is -2.30. The van der Waals surface area contributed by atoms with E-state index in [0.717, 1.165) is 29.8 Å². The maximum absolute atomic E-state index is 11.7. The summed E-state index contributed by atoms with van der Waals surface area (Å²) in [6.07, 6.45) is 2.35. The lowest BCUT2D eigenvalue weighted by Crippen LogP contribution is -2.31. The van der Waals surface area contributed by atoms with Gasteiger partial charge in [0.15, 0.2) is 0 Å². The zero-order valence-corrected chi connectivity index (χ0v) is 14.5. The van der Waals surface area contributed by atoms with Crippen LogP contribution < -0.4 is 9.62 Å². The third-order valence-corrected chi connectivity index (χ3v) is 5.98.